The minimum Gasteiger partial charge on any atom is -0.354 e. The Morgan fingerprint density at radius 3 is 2.91 bits per heavy atom. The van der Waals surface area contributed by atoms with Crippen molar-refractivity contribution >= 4 is 49.7 Å². The minimum absolute atomic E-state index is 0.168. The van der Waals surface area contributed by atoms with Gasteiger partial charge < -0.3 is 9.80 Å². The molecule has 0 aliphatic carbocycles. The summed E-state index contributed by atoms with van der Waals surface area (Å²) in [6.45, 7) is 6.93. The van der Waals surface area contributed by atoms with Crippen LogP contribution in [0.25, 0.3) is 15.3 Å². The number of amides is 1. The van der Waals surface area contributed by atoms with Crippen LogP contribution in [-0.2, 0) is 0 Å². The maximum absolute atomic E-state index is 13.3. The first-order chi connectivity index (χ1) is 15.7. The van der Waals surface area contributed by atoms with E-state index in [1.54, 1.807) is 11.3 Å². The summed E-state index contributed by atoms with van der Waals surface area (Å²) in [5.41, 5.74) is 1.05. The summed E-state index contributed by atoms with van der Waals surface area (Å²) in [5.74, 6) is 1.79. The first kappa shape index (κ1) is 20.1. The van der Waals surface area contributed by atoms with Gasteiger partial charge in [0.05, 0.1) is 10.4 Å². The molecule has 0 spiro atoms. The molecule has 0 radical (unpaired) electrons. The van der Waals surface area contributed by atoms with Gasteiger partial charge in [-0.2, -0.15) is 0 Å². The van der Waals surface area contributed by atoms with Crippen LogP contribution in [0.1, 0.15) is 22.5 Å². The molecule has 1 unspecified atom stereocenters. The van der Waals surface area contributed by atoms with Gasteiger partial charge >= 0.3 is 0 Å². The van der Waals surface area contributed by atoms with Crippen molar-refractivity contribution < 1.29 is 4.79 Å². The van der Waals surface area contributed by atoms with E-state index in [0.29, 0.717) is 5.92 Å². The predicted octanol–water partition coefficient (Wildman–Crippen LogP) is 3.68. The second-order valence-electron chi connectivity index (χ2n) is 8.70. The SMILES string of the molecule is O=C(c1cc2c(nc3sccn32)s1)N1CCCC(CN2CCN(c3ccccn3)CC2)C1. The topological polar surface area (TPSA) is 57.0 Å². The van der Waals surface area contributed by atoms with E-state index in [1.165, 1.54) is 17.8 Å². The smallest absolute Gasteiger partial charge is 0.264 e. The van der Waals surface area contributed by atoms with Crippen LogP contribution in [0, 0.1) is 5.92 Å². The summed E-state index contributed by atoms with van der Waals surface area (Å²) in [7, 11) is 0. The van der Waals surface area contributed by atoms with Crippen molar-refractivity contribution in [1.82, 2.24) is 24.2 Å². The number of anilines is 1. The van der Waals surface area contributed by atoms with E-state index in [9.17, 15) is 4.79 Å². The number of carbonyl (C=O) groups excluding carboxylic acids is 1. The Morgan fingerprint density at radius 2 is 2.06 bits per heavy atom. The van der Waals surface area contributed by atoms with E-state index >= 15 is 0 Å². The first-order valence-corrected chi connectivity index (χ1v) is 13.0. The van der Waals surface area contributed by atoms with Crippen LogP contribution in [0.15, 0.2) is 42.0 Å². The molecule has 1 atom stereocenters. The summed E-state index contributed by atoms with van der Waals surface area (Å²) >= 11 is 3.15. The summed E-state index contributed by atoms with van der Waals surface area (Å²) in [6.07, 6.45) is 6.18. The van der Waals surface area contributed by atoms with E-state index in [4.69, 9.17) is 0 Å². The number of likely N-dealkylation sites (tertiary alicyclic amines) is 1. The fraction of sp³-hybridized carbons (Fsp3) is 0.435. The molecule has 2 saturated heterocycles. The Kier molecular flexibility index (Phi) is 5.32. The lowest BCUT2D eigenvalue weighted by Gasteiger charge is -2.39. The Morgan fingerprint density at radius 1 is 1.16 bits per heavy atom. The van der Waals surface area contributed by atoms with Crippen LogP contribution in [0.2, 0.25) is 0 Å². The second-order valence-corrected chi connectivity index (χ2v) is 10.6. The molecule has 0 N–H and O–H groups in total. The third kappa shape index (κ3) is 3.78. The van der Waals surface area contributed by atoms with E-state index in [2.05, 4.69) is 41.2 Å². The van der Waals surface area contributed by atoms with Crippen molar-refractivity contribution in [1.29, 1.82) is 0 Å². The maximum Gasteiger partial charge on any atom is 0.264 e. The molecule has 1 amide bonds. The molecule has 6 heterocycles. The standard InChI is InChI=1S/C23H26N6OS2/c30-22(19-14-18-21(32-19)25-23-29(18)12-13-31-23)28-7-3-4-17(16-28)15-26-8-10-27(11-9-26)20-5-1-2-6-24-20/h1-2,5-6,12-14,17H,3-4,7-11,15-16H2. The number of hydrogen-bond donors (Lipinski definition) is 0. The Bertz CT molecular complexity index is 1220. The highest BCUT2D eigenvalue weighted by molar-refractivity contribution is 7.21. The number of nitrogens with zero attached hydrogens (tertiary/aromatic N) is 6. The van der Waals surface area contributed by atoms with Gasteiger partial charge in [0.25, 0.3) is 5.91 Å². The molecule has 0 saturated carbocycles. The highest BCUT2D eigenvalue weighted by Crippen LogP contribution is 2.30. The monoisotopic (exact) mass is 466 g/mol. The molecule has 0 aromatic carbocycles. The van der Waals surface area contributed by atoms with Gasteiger partial charge in [-0.3, -0.25) is 14.1 Å². The maximum atomic E-state index is 13.3. The zero-order chi connectivity index (χ0) is 21.5. The molecule has 32 heavy (non-hydrogen) atoms. The molecule has 2 aliphatic heterocycles. The van der Waals surface area contributed by atoms with Gasteiger partial charge in [-0.25, -0.2) is 9.97 Å². The average Bonchev–Trinajstić information content (AvgIpc) is 3.53. The fourth-order valence-corrected chi connectivity index (χ4v) is 6.74. The van der Waals surface area contributed by atoms with E-state index in [1.807, 2.05) is 29.9 Å². The van der Waals surface area contributed by atoms with E-state index < -0.39 is 0 Å². The molecule has 9 heteroatoms. The van der Waals surface area contributed by atoms with E-state index in [0.717, 1.165) is 78.2 Å². The second kappa shape index (κ2) is 8.46. The lowest BCUT2D eigenvalue weighted by Crippen LogP contribution is -2.50. The summed E-state index contributed by atoms with van der Waals surface area (Å²) < 4.78 is 2.08. The van der Waals surface area contributed by atoms with Crippen LogP contribution in [-0.4, -0.2) is 75.9 Å². The quantitative estimate of drug-likeness (QED) is 0.459. The Balaban J connectivity index is 1.07. The van der Waals surface area contributed by atoms with Gasteiger partial charge in [-0.15, -0.1) is 22.7 Å². The number of hydrogen-bond acceptors (Lipinski definition) is 7. The summed E-state index contributed by atoms with van der Waals surface area (Å²) in [6, 6.07) is 8.13. The van der Waals surface area contributed by atoms with E-state index in [-0.39, 0.29) is 5.91 Å². The third-order valence-electron chi connectivity index (χ3n) is 6.62. The summed E-state index contributed by atoms with van der Waals surface area (Å²) in [5, 5.41) is 2.03. The van der Waals surface area contributed by atoms with Gasteiger partial charge in [0.1, 0.15) is 10.6 Å². The van der Waals surface area contributed by atoms with Crippen LogP contribution < -0.4 is 4.90 Å². The molecule has 2 aliphatic rings. The van der Waals surface area contributed by atoms with Gasteiger partial charge in [0, 0.05) is 63.6 Å². The largest absolute Gasteiger partial charge is 0.354 e. The number of fused-ring (bicyclic) bond motifs is 3. The fourth-order valence-electron chi connectivity index (χ4n) is 4.97. The highest BCUT2D eigenvalue weighted by atomic mass is 32.1. The van der Waals surface area contributed by atoms with Crippen LogP contribution in [0.4, 0.5) is 5.82 Å². The Hall–Kier alpha value is -2.49. The van der Waals surface area contributed by atoms with Gasteiger partial charge in [0.2, 0.25) is 0 Å². The van der Waals surface area contributed by atoms with Crippen molar-refractivity contribution in [3.05, 3.63) is 46.9 Å². The number of aromatic nitrogens is 3. The zero-order valence-corrected chi connectivity index (χ0v) is 19.5. The molecule has 166 valence electrons. The number of rotatable bonds is 4. The zero-order valence-electron chi connectivity index (χ0n) is 17.9. The van der Waals surface area contributed by atoms with Gasteiger partial charge in [-0.05, 0) is 37.0 Å². The highest BCUT2D eigenvalue weighted by Gasteiger charge is 2.28. The van der Waals surface area contributed by atoms with Crippen molar-refractivity contribution in [2.24, 2.45) is 5.92 Å². The van der Waals surface area contributed by atoms with Crippen LogP contribution in [0.5, 0.6) is 0 Å². The first-order valence-electron chi connectivity index (χ1n) is 11.3. The van der Waals surface area contributed by atoms with Crippen molar-refractivity contribution in [3.63, 3.8) is 0 Å². The number of pyridine rings is 1. The lowest BCUT2D eigenvalue weighted by molar-refractivity contribution is 0.0642. The number of imidazole rings is 1. The number of thiazole rings is 1. The molecule has 0 bridgehead atoms. The number of thiophene rings is 1. The normalized spacial score (nSPS) is 20.4. The molecule has 6 rings (SSSR count). The minimum atomic E-state index is 0.168. The van der Waals surface area contributed by atoms with Gasteiger partial charge in [0.15, 0.2) is 4.96 Å². The Labute approximate surface area is 194 Å². The number of carbonyl (C=O) groups is 1. The van der Waals surface area contributed by atoms with Crippen molar-refractivity contribution in [2.75, 3.05) is 50.7 Å². The molecular formula is C23H26N6OS2. The van der Waals surface area contributed by atoms with Crippen molar-refractivity contribution in [2.45, 2.75) is 12.8 Å². The number of piperazine rings is 1. The number of piperidine rings is 1. The van der Waals surface area contributed by atoms with Crippen LogP contribution in [0.3, 0.4) is 0 Å². The third-order valence-corrected chi connectivity index (χ3v) is 8.38. The average molecular weight is 467 g/mol. The molecule has 2 fully saturated rings. The molecule has 4 aromatic rings. The molecule has 7 nitrogen and oxygen atoms in total. The lowest BCUT2D eigenvalue weighted by atomic mass is 9.97. The molecular weight excluding hydrogens is 440 g/mol. The van der Waals surface area contributed by atoms with Crippen LogP contribution >= 0.6 is 22.7 Å². The van der Waals surface area contributed by atoms with Gasteiger partial charge in [-0.1, -0.05) is 6.07 Å². The summed E-state index contributed by atoms with van der Waals surface area (Å²) in [4.78, 5) is 32.2. The predicted molar refractivity (Wildman–Crippen MR) is 130 cm³/mol. The molecule has 4 aromatic heterocycles. The van der Waals surface area contributed by atoms with Crippen molar-refractivity contribution in [3.8, 4) is 0 Å².